The van der Waals surface area contributed by atoms with Crippen molar-refractivity contribution in [1.82, 2.24) is 9.97 Å². The summed E-state index contributed by atoms with van der Waals surface area (Å²) in [6.07, 6.45) is 2.38. The van der Waals surface area contributed by atoms with Gasteiger partial charge in [-0.05, 0) is 0 Å². The number of carboxylic acid groups (broad SMARTS) is 1. The first kappa shape index (κ1) is 13.5. The number of H-pyrrole nitrogens is 1. The molecule has 1 fully saturated rings. The largest absolute Gasteiger partial charge is 0.481 e. The van der Waals surface area contributed by atoms with Crippen LogP contribution in [0, 0.1) is 0 Å². The maximum Gasteiger partial charge on any atom is 0.305 e. The minimum Gasteiger partial charge on any atom is -0.481 e. The van der Waals surface area contributed by atoms with E-state index in [4.69, 9.17) is 5.11 Å². The third-order valence-electron chi connectivity index (χ3n) is 2.90. The number of anilines is 1. The monoisotopic (exact) mass is 287 g/mol. The first-order valence-electron chi connectivity index (χ1n) is 5.61. The summed E-state index contributed by atoms with van der Waals surface area (Å²) in [4.78, 5) is 30.3. The van der Waals surface area contributed by atoms with Crippen molar-refractivity contribution in [1.29, 1.82) is 0 Å². The highest BCUT2D eigenvalue weighted by atomic mass is 32.2. The fourth-order valence-corrected chi connectivity index (χ4v) is 3.61. The van der Waals surface area contributed by atoms with Gasteiger partial charge in [0.1, 0.15) is 0 Å². The molecule has 0 aliphatic carbocycles. The molecule has 1 aliphatic heterocycles. The van der Waals surface area contributed by atoms with Crippen LogP contribution in [0.15, 0.2) is 17.2 Å². The van der Waals surface area contributed by atoms with E-state index in [1.54, 1.807) is 0 Å². The fourth-order valence-electron chi connectivity index (χ4n) is 2.08. The summed E-state index contributed by atoms with van der Waals surface area (Å²) >= 11 is 0. The second-order valence-electron chi connectivity index (χ2n) is 4.30. The summed E-state index contributed by atoms with van der Waals surface area (Å²) in [5.74, 6) is -1.45. The Bertz CT molecular complexity index is 639. The maximum absolute atomic E-state index is 11.7. The highest BCUT2D eigenvalue weighted by molar-refractivity contribution is 7.91. The quantitative estimate of drug-likeness (QED) is 0.720. The topological polar surface area (TPSA) is 120 Å². The van der Waals surface area contributed by atoms with E-state index in [0.717, 1.165) is 0 Å². The van der Waals surface area contributed by atoms with Crippen LogP contribution in [0.1, 0.15) is 6.42 Å². The molecule has 19 heavy (non-hydrogen) atoms. The van der Waals surface area contributed by atoms with Crippen molar-refractivity contribution in [3.05, 3.63) is 22.7 Å². The molecule has 1 aromatic heterocycles. The predicted molar refractivity (Wildman–Crippen MR) is 66.9 cm³/mol. The normalized spacial score (nSPS) is 22.1. The van der Waals surface area contributed by atoms with Gasteiger partial charge in [0.2, 0.25) is 0 Å². The van der Waals surface area contributed by atoms with Crippen LogP contribution < -0.4 is 10.5 Å². The van der Waals surface area contributed by atoms with E-state index in [9.17, 15) is 18.0 Å². The van der Waals surface area contributed by atoms with Crippen molar-refractivity contribution < 1.29 is 18.3 Å². The number of aromatic nitrogens is 2. The summed E-state index contributed by atoms with van der Waals surface area (Å²) in [5, 5.41) is 8.84. The van der Waals surface area contributed by atoms with E-state index < -0.39 is 27.4 Å². The number of sulfone groups is 1. The SMILES string of the molecule is O=C(O)CC1CS(=O)(=O)CCN1c1ncc[nH]c1=O. The zero-order valence-corrected chi connectivity index (χ0v) is 10.8. The number of aliphatic carboxylic acids is 1. The molecule has 0 radical (unpaired) electrons. The molecule has 2 heterocycles. The molecule has 1 unspecified atom stereocenters. The maximum atomic E-state index is 11.7. The van der Waals surface area contributed by atoms with Crippen molar-refractivity contribution in [3.8, 4) is 0 Å². The predicted octanol–water partition coefficient (Wildman–Crippen LogP) is -1.15. The minimum atomic E-state index is -3.28. The molecular weight excluding hydrogens is 274 g/mol. The van der Waals surface area contributed by atoms with Crippen molar-refractivity contribution in [2.24, 2.45) is 0 Å². The van der Waals surface area contributed by atoms with Gasteiger partial charge >= 0.3 is 5.97 Å². The van der Waals surface area contributed by atoms with Crippen molar-refractivity contribution in [2.45, 2.75) is 12.5 Å². The molecule has 1 atom stereocenters. The Hall–Kier alpha value is -1.90. The standard InChI is InChI=1S/C10H13N3O5S/c14-8(15)5-7-6-19(17,18)4-3-13(7)9-10(16)12-2-1-11-9/h1-2,7H,3-6H2,(H,12,16)(H,14,15). The summed E-state index contributed by atoms with van der Waals surface area (Å²) in [7, 11) is -3.28. The Morgan fingerprint density at radius 3 is 2.95 bits per heavy atom. The molecule has 2 N–H and O–H groups in total. The number of aromatic amines is 1. The number of carboxylic acids is 1. The van der Waals surface area contributed by atoms with Gasteiger partial charge in [-0.2, -0.15) is 0 Å². The van der Waals surface area contributed by atoms with Gasteiger partial charge in [0.15, 0.2) is 15.7 Å². The number of carbonyl (C=O) groups is 1. The Morgan fingerprint density at radius 2 is 2.32 bits per heavy atom. The van der Waals surface area contributed by atoms with Gasteiger partial charge in [-0.15, -0.1) is 0 Å². The smallest absolute Gasteiger partial charge is 0.305 e. The third-order valence-corrected chi connectivity index (χ3v) is 4.60. The van der Waals surface area contributed by atoms with Crippen molar-refractivity contribution >= 4 is 21.6 Å². The number of nitrogens with zero attached hydrogens (tertiary/aromatic N) is 2. The van der Waals surface area contributed by atoms with Gasteiger partial charge in [-0.1, -0.05) is 0 Å². The lowest BCUT2D eigenvalue weighted by Crippen LogP contribution is -2.51. The molecule has 8 nitrogen and oxygen atoms in total. The molecule has 0 saturated carbocycles. The van der Waals surface area contributed by atoms with Crippen LogP contribution >= 0.6 is 0 Å². The lowest BCUT2D eigenvalue weighted by molar-refractivity contribution is -0.137. The van der Waals surface area contributed by atoms with Crippen molar-refractivity contribution in [2.75, 3.05) is 23.0 Å². The number of rotatable bonds is 3. The second kappa shape index (κ2) is 5.00. The van der Waals surface area contributed by atoms with Crippen LogP contribution in [-0.2, 0) is 14.6 Å². The molecule has 1 saturated heterocycles. The van der Waals surface area contributed by atoms with E-state index in [1.807, 2.05) is 0 Å². The molecule has 1 aromatic rings. The first-order chi connectivity index (χ1) is 8.89. The Kier molecular flexibility index (Phi) is 3.56. The zero-order valence-electron chi connectivity index (χ0n) is 9.94. The molecular formula is C10H13N3O5S. The first-order valence-corrected chi connectivity index (χ1v) is 7.44. The number of hydrogen-bond donors (Lipinski definition) is 2. The van der Waals surface area contributed by atoms with Crippen LogP contribution in [0.4, 0.5) is 5.82 Å². The summed E-state index contributed by atoms with van der Waals surface area (Å²) in [6.45, 7) is 0.0698. The Morgan fingerprint density at radius 1 is 1.58 bits per heavy atom. The van der Waals surface area contributed by atoms with E-state index in [1.165, 1.54) is 17.3 Å². The molecule has 1 aliphatic rings. The van der Waals surface area contributed by atoms with E-state index in [-0.39, 0.29) is 30.3 Å². The van der Waals surface area contributed by atoms with Crippen LogP contribution in [-0.4, -0.2) is 53.6 Å². The lowest BCUT2D eigenvalue weighted by Gasteiger charge is -2.34. The molecule has 104 valence electrons. The molecule has 0 aromatic carbocycles. The van der Waals surface area contributed by atoms with Gasteiger partial charge in [0.25, 0.3) is 5.56 Å². The van der Waals surface area contributed by atoms with Gasteiger partial charge in [-0.25, -0.2) is 13.4 Å². The Balaban J connectivity index is 2.35. The highest BCUT2D eigenvalue weighted by Gasteiger charge is 2.34. The van der Waals surface area contributed by atoms with Gasteiger partial charge < -0.3 is 15.0 Å². The van der Waals surface area contributed by atoms with Gasteiger partial charge in [0, 0.05) is 18.9 Å². The fraction of sp³-hybridized carbons (Fsp3) is 0.500. The van der Waals surface area contributed by atoms with Crippen molar-refractivity contribution in [3.63, 3.8) is 0 Å². The number of nitrogens with one attached hydrogen (secondary N) is 1. The molecule has 2 rings (SSSR count). The minimum absolute atomic E-state index is 0.0589. The molecule has 0 spiro atoms. The zero-order chi connectivity index (χ0) is 14.0. The average Bonchev–Trinajstić information content (AvgIpc) is 2.29. The van der Waals surface area contributed by atoms with Crippen LogP contribution in [0.25, 0.3) is 0 Å². The van der Waals surface area contributed by atoms with E-state index in [0.29, 0.717) is 0 Å². The number of hydrogen-bond acceptors (Lipinski definition) is 6. The van der Waals surface area contributed by atoms with Crippen LogP contribution in [0.3, 0.4) is 0 Å². The summed E-state index contributed by atoms with van der Waals surface area (Å²) in [6, 6.07) is -0.771. The summed E-state index contributed by atoms with van der Waals surface area (Å²) in [5.41, 5.74) is -0.461. The average molecular weight is 287 g/mol. The second-order valence-corrected chi connectivity index (χ2v) is 6.53. The highest BCUT2D eigenvalue weighted by Crippen LogP contribution is 2.18. The molecule has 0 bridgehead atoms. The van der Waals surface area contributed by atoms with Crippen LogP contribution in [0.2, 0.25) is 0 Å². The Labute approximate surface area is 109 Å². The van der Waals surface area contributed by atoms with E-state index >= 15 is 0 Å². The van der Waals surface area contributed by atoms with E-state index in [2.05, 4.69) is 9.97 Å². The third kappa shape index (κ3) is 3.11. The van der Waals surface area contributed by atoms with Crippen LogP contribution in [0.5, 0.6) is 0 Å². The molecule has 9 heteroatoms. The lowest BCUT2D eigenvalue weighted by atomic mass is 10.2. The summed E-state index contributed by atoms with van der Waals surface area (Å²) < 4.78 is 23.2. The van der Waals surface area contributed by atoms with Gasteiger partial charge in [-0.3, -0.25) is 9.59 Å². The van der Waals surface area contributed by atoms with Gasteiger partial charge in [0.05, 0.1) is 24.0 Å². The molecule has 0 amide bonds.